The van der Waals surface area contributed by atoms with Gasteiger partial charge in [-0.15, -0.1) is 0 Å². The van der Waals surface area contributed by atoms with Crippen molar-refractivity contribution in [3.8, 4) is 0 Å². The summed E-state index contributed by atoms with van der Waals surface area (Å²) in [5.41, 5.74) is 16.9. The van der Waals surface area contributed by atoms with Gasteiger partial charge in [-0.1, -0.05) is 0 Å². The van der Waals surface area contributed by atoms with Gasteiger partial charge in [-0.05, 0) is 35.1 Å². The van der Waals surface area contributed by atoms with E-state index >= 15 is 0 Å². The van der Waals surface area contributed by atoms with E-state index in [4.69, 9.17) is 17.2 Å². The standard InChI is InChI=1S/C9H11IN6O2/c1-4-2-5(16(17)18)3-6(10)7(4)14-9(13)15-8(11)12/h2-3H,1H3,(H6,11,12,13,14,15). The summed E-state index contributed by atoms with van der Waals surface area (Å²) < 4.78 is 0.591. The van der Waals surface area contributed by atoms with Crippen molar-refractivity contribution in [2.75, 3.05) is 0 Å². The lowest BCUT2D eigenvalue weighted by molar-refractivity contribution is -0.385. The van der Waals surface area contributed by atoms with Crippen molar-refractivity contribution in [1.29, 1.82) is 0 Å². The highest BCUT2D eigenvalue weighted by Gasteiger charge is 2.12. The van der Waals surface area contributed by atoms with Gasteiger partial charge in [0.15, 0.2) is 5.96 Å². The minimum Gasteiger partial charge on any atom is -0.370 e. The first-order chi connectivity index (χ1) is 8.31. The molecule has 0 aliphatic carbocycles. The summed E-state index contributed by atoms with van der Waals surface area (Å²) in [6.07, 6.45) is 0. The van der Waals surface area contributed by atoms with Gasteiger partial charge in [0, 0.05) is 15.7 Å². The minimum atomic E-state index is -0.470. The second-order valence-electron chi connectivity index (χ2n) is 3.36. The van der Waals surface area contributed by atoms with Crippen molar-refractivity contribution in [3.05, 3.63) is 31.4 Å². The zero-order valence-electron chi connectivity index (χ0n) is 9.42. The molecule has 8 nitrogen and oxygen atoms in total. The second kappa shape index (κ2) is 5.62. The maximum atomic E-state index is 10.7. The zero-order chi connectivity index (χ0) is 13.9. The van der Waals surface area contributed by atoms with Crippen LogP contribution in [0.1, 0.15) is 5.56 Å². The topological polar surface area (TPSA) is 146 Å². The fourth-order valence-electron chi connectivity index (χ4n) is 1.24. The molecule has 0 aliphatic heterocycles. The Kier molecular flexibility index (Phi) is 4.42. The van der Waals surface area contributed by atoms with E-state index in [0.29, 0.717) is 14.8 Å². The van der Waals surface area contributed by atoms with Crippen molar-refractivity contribution in [2.24, 2.45) is 27.2 Å². The molecular weight excluding hydrogens is 351 g/mol. The van der Waals surface area contributed by atoms with E-state index < -0.39 is 4.92 Å². The smallest absolute Gasteiger partial charge is 0.270 e. The molecule has 0 fully saturated rings. The number of halogens is 1. The van der Waals surface area contributed by atoms with Crippen molar-refractivity contribution >= 4 is 45.9 Å². The van der Waals surface area contributed by atoms with Crippen LogP contribution in [0.25, 0.3) is 0 Å². The molecule has 0 aromatic heterocycles. The molecule has 6 N–H and O–H groups in total. The van der Waals surface area contributed by atoms with Gasteiger partial charge in [-0.2, -0.15) is 4.99 Å². The van der Waals surface area contributed by atoms with E-state index in [-0.39, 0.29) is 17.6 Å². The molecule has 0 unspecified atom stereocenters. The highest BCUT2D eigenvalue weighted by Crippen LogP contribution is 2.30. The van der Waals surface area contributed by atoms with Crippen molar-refractivity contribution in [3.63, 3.8) is 0 Å². The number of aliphatic imine (C=N–C) groups is 2. The first-order valence-corrected chi connectivity index (χ1v) is 5.77. The van der Waals surface area contributed by atoms with Crippen LogP contribution in [-0.2, 0) is 0 Å². The number of nitro benzene ring substituents is 1. The van der Waals surface area contributed by atoms with Crippen LogP contribution in [0, 0.1) is 20.6 Å². The van der Waals surface area contributed by atoms with Gasteiger partial charge in [0.2, 0.25) is 5.96 Å². The lowest BCUT2D eigenvalue weighted by atomic mass is 10.2. The Balaban J connectivity index is 3.27. The number of benzene rings is 1. The lowest BCUT2D eigenvalue weighted by Crippen LogP contribution is -2.26. The van der Waals surface area contributed by atoms with Crippen LogP contribution < -0.4 is 17.2 Å². The SMILES string of the molecule is Cc1cc([N+](=O)[O-])cc(I)c1N=C(N)N=C(N)N. The Morgan fingerprint density at radius 1 is 1.39 bits per heavy atom. The molecule has 18 heavy (non-hydrogen) atoms. The van der Waals surface area contributed by atoms with Crippen LogP contribution >= 0.6 is 22.6 Å². The third-order valence-corrected chi connectivity index (χ3v) is 2.74. The van der Waals surface area contributed by atoms with Crippen LogP contribution in [0.3, 0.4) is 0 Å². The molecule has 1 aromatic rings. The van der Waals surface area contributed by atoms with Crippen LogP contribution in [0.5, 0.6) is 0 Å². The van der Waals surface area contributed by atoms with Crippen LogP contribution in [0.2, 0.25) is 0 Å². The first-order valence-electron chi connectivity index (χ1n) is 4.69. The average Bonchev–Trinajstić information content (AvgIpc) is 2.21. The highest BCUT2D eigenvalue weighted by atomic mass is 127. The molecule has 0 aliphatic rings. The van der Waals surface area contributed by atoms with Crippen LogP contribution in [-0.4, -0.2) is 16.8 Å². The van der Waals surface area contributed by atoms with E-state index in [1.165, 1.54) is 12.1 Å². The Labute approximate surface area is 116 Å². The number of hydrogen-bond donors (Lipinski definition) is 3. The largest absolute Gasteiger partial charge is 0.370 e. The molecular formula is C9H11IN6O2. The fourth-order valence-corrected chi connectivity index (χ4v) is 2.10. The lowest BCUT2D eigenvalue weighted by Gasteiger charge is -2.04. The molecule has 9 heteroatoms. The number of hydrogen-bond acceptors (Lipinski definition) is 3. The second-order valence-corrected chi connectivity index (χ2v) is 4.52. The van der Waals surface area contributed by atoms with Gasteiger partial charge in [0.1, 0.15) is 0 Å². The van der Waals surface area contributed by atoms with Crippen LogP contribution in [0.4, 0.5) is 11.4 Å². The van der Waals surface area contributed by atoms with Gasteiger partial charge in [-0.25, -0.2) is 4.99 Å². The third-order valence-electron chi connectivity index (χ3n) is 1.92. The monoisotopic (exact) mass is 362 g/mol. The predicted octanol–water partition coefficient (Wildman–Crippen LogP) is 0.727. The van der Waals surface area contributed by atoms with Gasteiger partial charge >= 0.3 is 0 Å². The maximum Gasteiger partial charge on any atom is 0.270 e. The van der Waals surface area contributed by atoms with Gasteiger partial charge in [0.25, 0.3) is 5.69 Å². The summed E-state index contributed by atoms with van der Waals surface area (Å²) >= 11 is 1.93. The van der Waals surface area contributed by atoms with E-state index in [0.717, 1.165) is 0 Å². The normalized spacial score (nSPS) is 11.1. The number of nitrogens with two attached hydrogens (primary N) is 3. The zero-order valence-corrected chi connectivity index (χ0v) is 11.6. The Bertz CT molecular complexity index is 527. The highest BCUT2D eigenvalue weighted by molar-refractivity contribution is 14.1. The number of nitrogens with zero attached hydrogens (tertiary/aromatic N) is 3. The molecule has 0 saturated heterocycles. The molecule has 0 radical (unpaired) electrons. The molecule has 0 saturated carbocycles. The van der Waals surface area contributed by atoms with Crippen molar-refractivity contribution in [2.45, 2.75) is 6.92 Å². The Morgan fingerprint density at radius 3 is 2.44 bits per heavy atom. The quantitative estimate of drug-likeness (QED) is 0.233. The average molecular weight is 362 g/mol. The van der Waals surface area contributed by atoms with E-state index in [1.807, 2.05) is 22.6 Å². The molecule has 1 rings (SSSR count). The summed E-state index contributed by atoms with van der Waals surface area (Å²) in [6, 6.07) is 2.80. The molecule has 0 spiro atoms. The third kappa shape index (κ3) is 3.55. The summed E-state index contributed by atoms with van der Waals surface area (Å²) in [5.74, 6) is -0.310. The Hall–Kier alpha value is -1.91. The molecule has 0 bridgehead atoms. The maximum absolute atomic E-state index is 10.7. The number of nitro groups is 1. The number of rotatable bonds is 2. The predicted molar refractivity (Wildman–Crippen MR) is 77.6 cm³/mol. The summed E-state index contributed by atoms with van der Waals surface area (Å²) in [4.78, 5) is 17.8. The Morgan fingerprint density at radius 2 is 2.00 bits per heavy atom. The van der Waals surface area contributed by atoms with Gasteiger partial charge in [0.05, 0.1) is 10.6 Å². The van der Waals surface area contributed by atoms with E-state index in [1.54, 1.807) is 6.92 Å². The van der Waals surface area contributed by atoms with Gasteiger partial charge < -0.3 is 17.2 Å². The minimum absolute atomic E-state index is 0.00346. The molecule has 0 atom stereocenters. The summed E-state index contributed by atoms with van der Waals surface area (Å²) in [6.45, 7) is 1.69. The van der Waals surface area contributed by atoms with E-state index in [2.05, 4.69) is 9.98 Å². The first kappa shape index (κ1) is 14.2. The molecule has 0 heterocycles. The number of non-ortho nitro benzene ring substituents is 1. The van der Waals surface area contributed by atoms with Gasteiger partial charge in [-0.3, -0.25) is 10.1 Å². The van der Waals surface area contributed by atoms with E-state index in [9.17, 15) is 10.1 Å². The summed E-state index contributed by atoms with van der Waals surface area (Å²) in [5, 5.41) is 10.7. The van der Waals surface area contributed by atoms with Crippen LogP contribution in [0.15, 0.2) is 22.1 Å². The molecule has 1 aromatic carbocycles. The number of aryl methyl sites for hydroxylation is 1. The molecule has 96 valence electrons. The number of guanidine groups is 2. The van der Waals surface area contributed by atoms with Crippen molar-refractivity contribution < 1.29 is 4.92 Å². The fraction of sp³-hybridized carbons (Fsp3) is 0.111. The molecule has 0 amide bonds. The van der Waals surface area contributed by atoms with Crippen molar-refractivity contribution in [1.82, 2.24) is 0 Å². The summed E-state index contributed by atoms with van der Waals surface area (Å²) in [7, 11) is 0.